The molecule has 0 saturated carbocycles. The fraction of sp³-hybridized carbons (Fsp3) is 0.318. The van der Waals surface area contributed by atoms with Gasteiger partial charge >= 0.3 is 5.63 Å². The van der Waals surface area contributed by atoms with Gasteiger partial charge < -0.3 is 9.15 Å². The Labute approximate surface area is 162 Å². The molecule has 2 heterocycles. The fourth-order valence-electron chi connectivity index (χ4n) is 4.30. The maximum Gasteiger partial charge on any atom is 0.339 e. The second kappa shape index (κ2) is 6.70. The van der Waals surface area contributed by atoms with Crippen molar-refractivity contribution in [1.29, 1.82) is 0 Å². The van der Waals surface area contributed by atoms with Gasteiger partial charge in [0.15, 0.2) is 5.58 Å². The van der Waals surface area contributed by atoms with Crippen LogP contribution < -0.4 is 15.3 Å². The van der Waals surface area contributed by atoms with E-state index in [9.17, 15) is 4.79 Å². The van der Waals surface area contributed by atoms with Crippen LogP contribution in [0, 0.1) is 0 Å². The Kier molecular flexibility index (Phi) is 4.18. The van der Waals surface area contributed by atoms with Crippen LogP contribution in [-0.4, -0.2) is 13.3 Å². The maximum absolute atomic E-state index is 12.4. The zero-order valence-electron chi connectivity index (χ0n) is 15.0. The van der Waals surface area contributed by atoms with Gasteiger partial charge in [0.05, 0.1) is 12.1 Å². The molecular weight excluding hydrogens is 362 g/mol. The molecule has 0 fully saturated rings. The standard InChI is InChI=1S/C22H20ClNO3/c23-15-6-4-14(5-7-15)10-11-24-12-19-20(26-13-24)9-8-17-16-2-1-3-18(16)22(25)27-21(17)19/h4-9H,1-3,10-13H2/p+1. The van der Waals surface area contributed by atoms with Crippen molar-refractivity contribution in [1.82, 2.24) is 0 Å². The van der Waals surface area contributed by atoms with Gasteiger partial charge in [0.2, 0.25) is 6.73 Å². The lowest BCUT2D eigenvalue weighted by atomic mass is 10.0. The molecule has 5 rings (SSSR count). The molecule has 1 aliphatic heterocycles. The van der Waals surface area contributed by atoms with Crippen molar-refractivity contribution < 1.29 is 14.1 Å². The second-order valence-electron chi connectivity index (χ2n) is 7.46. The Bertz CT molecular complexity index is 1070. The summed E-state index contributed by atoms with van der Waals surface area (Å²) in [5.41, 5.74) is 4.89. The molecule has 3 aromatic rings. The highest BCUT2D eigenvalue weighted by Crippen LogP contribution is 2.33. The van der Waals surface area contributed by atoms with Crippen molar-refractivity contribution in [2.75, 3.05) is 13.3 Å². The minimum absolute atomic E-state index is 0.170. The van der Waals surface area contributed by atoms with Crippen LogP contribution >= 0.6 is 11.6 Å². The number of rotatable bonds is 3. The minimum Gasteiger partial charge on any atom is -0.445 e. The topological polar surface area (TPSA) is 43.9 Å². The Morgan fingerprint density at radius 2 is 1.81 bits per heavy atom. The summed E-state index contributed by atoms with van der Waals surface area (Å²) in [6.07, 6.45) is 3.78. The molecule has 4 nitrogen and oxygen atoms in total. The first-order chi connectivity index (χ1) is 13.2. The Morgan fingerprint density at radius 3 is 2.67 bits per heavy atom. The quantitative estimate of drug-likeness (QED) is 0.708. The van der Waals surface area contributed by atoms with Crippen molar-refractivity contribution in [2.24, 2.45) is 0 Å². The Hall–Kier alpha value is -2.30. The van der Waals surface area contributed by atoms with E-state index in [0.717, 1.165) is 71.6 Å². The molecule has 1 aromatic heterocycles. The first-order valence-corrected chi connectivity index (χ1v) is 9.88. The summed E-state index contributed by atoms with van der Waals surface area (Å²) in [6, 6.07) is 12.1. The largest absolute Gasteiger partial charge is 0.445 e. The number of hydrogen-bond donors (Lipinski definition) is 1. The fourth-order valence-corrected chi connectivity index (χ4v) is 4.43. The van der Waals surface area contributed by atoms with Crippen molar-refractivity contribution in [3.05, 3.63) is 74.1 Å². The van der Waals surface area contributed by atoms with Gasteiger partial charge in [-0.1, -0.05) is 23.7 Å². The summed E-state index contributed by atoms with van der Waals surface area (Å²) < 4.78 is 11.8. The molecule has 0 radical (unpaired) electrons. The smallest absolute Gasteiger partial charge is 0.339 e. The summed E-state index contributed by atoms with van der Waals surface area (Å²) in [4.78, 5) is 13.7. The monoisotopic (exact) mass is 382 g/mol. The highest BCUT2D eigenvalue weighted by atomic mass is 35.5. The maximum atomic E-state index is 12.4. The van der Waals surface area contributed by atoms with Gasteiger partial charge in [-0.25, -0.2) is 4.79 Å². The first kappa shape index (κ1) is 16.8. The predicted octanol–water partition coefficient (Wildman–Crippen LogP) is 2.91. The van der Waals surface area contributed by atoms with E-state index in [0.29, 0.717) is 6.73 Å². The molecule has 0 amide bonds. The summed E-state index contributed by atoms with van der Waals surface area (Å²) in [6.45, 7) is 2.38. The number of fused-ring (bicyclic) bond motifs is 5. The predicted molar refractivity (Wildman–Crippen MR) is 105 cm³/mol. The molecule has 0 spiro atoms. The van der Waals surface area contributed by atoms with Gasteiger partial charge in [0, 0.05) is 22.4 Å². The van der Waals surface area contributed by atoms with Crippen molar-refractivity contribution in [2.45, 2.75) is 32.2 Å². The first-order valence-electron chi connectivity index (χ1n) is 9.50. The van der Waals surface area contributed by atoms with Crippen LogP contribution in [0.25, 0.3) is 11.0 Å². The molecular formula is C22H21ClNO3+. The highest BCUT2D eigenvalue weighted by molar-refractivity contribution is 6.30. The number of benzene rings is 2. The third kappa shape index (κ3) is 3.03. The van der Waals surface area contributed by atoms with E-state index in [1.165, 1.54) is 16.0 Å². The number of hydrogen-bond acceptors (Lipinski definition) is 3. The molecule has 1 unspecified atom stereocenters. The molecule has 1 N–H and O–H groups in total. The van der Waals surface area contributed by atoms with E-state index in [2.05, 4.69) is 18.2 Å². The van der Waals surface area contributed by atoms with E-state index >= 15 is 0 Å². The van der Waals surface area contributed by atoms with Crippen LogP contribution in [0.5, 0.6) is 5.75 Å². The summed E-state index contributed by atoms with van der Waals surface area (Å²) >= 11 is 5.96. The van der Waals surface area contributed by atoms with Gasteiger partial charge in [-0.15, -0.1) is 0 Å². The van der Waals surface area contributed by atoms with Crippen LogP contribution in [0.1, 0.15) is 28.7 Å². The molecule has 1 aliphatic carbocycles. The average Bonchev–Trinajstić information content (AvgIpc) is 3.18. The van der Waals surface area contributed by atoms with E-state index in [1.807, 2.05) is 18.2 Å². The number of quaternary nitrogens is 1. The van der Waals surface area contributed by atoms with Gasteiger partial charge in [-0.2, -0.15) is 0 Å². The second-order valence-corrected chi connectivity index (χ2v) is 7.90. The molecule has 5 heteroatoms. The van der Waals surface area contributed by atoms with Crippen LogP contribution in [-0.2, 0) is 25.8 Å². The van der Waals surface area contributed by atoms with Gasteiger partial charge in [-0.3, -0.25) is 4.90 Å². The van der Waals surface area contributed by atoms with E-state index < -0.39 is 0 Å². The number of ether oxygens (including phenoxy) is 1. The van der Waals surface area contributed by atoms with E-state index in [4.69, 9.17) is 20.8 Å². The molecule has 2 aliphatic rings. The number of halogens is 1. The molecule has 0 bridgehead atoms. The average molecular weight is 383 g/mol. The zero-order chi connectivity index (χ0) is 18.4. The minimum atomic E-state index is -0.170. The normalized spacial score (nSPS) is 18.2. The molecule has 0 saturated heterocycles. The van der Waals surface area contributed by atoms with Crippen LogP contribution in [0.15, 0.2) is 45.6 Å². The SMILES string of the molecule is O=c1oc2c3c(ccc2c2c1CCC2)OC[NH+](CCc1ccc(Cl)cc1)C3. The van der Waals surface area contributed by atoms with Gasteiger partial charge in [-0.05, 0) is 54.7 Å². The third-order valence-corrected chi connectivity index (χ3v) is 5.99. The van der Waals surface area contributed by atoms with Crippen molar-refractivity contribution in [3.8, 4) is 5.75 Å². The third-order valence-electron chi connectivity index (χ3n) is 5.74. The lowest BCUT2D eigenvalue weighted by molar-refractivity contribution is -0.932. The Balaban J connectivity index is 1.44. The van der Waals surface area contributed by atoms with Crippen LogP contribution in [0.2, 0.25) is 5.02 Å². The van der Waals surface area contributed by atoms with E-state index in [1.54, 1.807) is 0 Å². The number of aryl methyl sites for hydroxylation is 1. The van der Waals surface area contributed by atoms with Crippen molar-refractivity contribution in [3.63, 3.8) is 0 Å². The molecule has 27 heavy (non-hydrogen) atoms. The Morgan fingerprint density at radius 1 is 1.00 bits per heavy atom. The van der Waals surface area contributed by atoms with E-state index in [-0.39, 0.29) is 5.63 Å². The molecule has 138 valence electrons. The molecule has 2 aromatic carbocycles. The van der Waals surface area contributed by atoms with Gasteiger partial charge in [0.25, 0.3) is 0 Å². The van der Waals surface area contributed by atoms with Gasteiger partial charge in [0.1, 0.15) is 12.3 Å². The molecule has 1 atom stereocenters. The number of nitrogens with one attached hydrogen (secondary N) is 1. The lowest BCUT2D eigenvalue weighted by Crippen LogP contribution is -3.12. The van der Waals surface area contributed by atoms with Crippen molar-refractivity contribution >= 4 is 22.6 Å². The zero-order valence-corrected chi connectivity index (χ0v) is 15.8. The highest BCUT2D eigenvalue weighted by Gasteiger charge is 2.27. The summed E-state index contributed by atoms with van der Waals surface area (Å²) in [7, 11) is 0. The summed E-state index contributed by atoms with van der Waals surface area (Å²) in [5, 5.41) is 1.85. The van der Waals surface area contributed by atoms with Crippen LogP contribution in [0.3, 0.4) is 0 Å². The lowest BCUT2D eigenvalue weighted by Gasteiger charge is -2.26. The summed E-state index contributed by atoms with van der Waals surface area (Å²) in [5.74, 6) is 0.846. The van der Waals surface area contributed by atoms with Crippen LogP contribution in [0.4, 0.5) is 0 Å².